The highest BCUT2D eigenvalue weighted by atomic mass is 16.5. The van der Waals surface area contributed by atoms with E-state index in [1.54, 1.807) is 23.1 Å². The Morgan fingerprint density at radius 3 is 2.69 bits per heavy atom. The SMILES string of the molecule is CC1(C)Oc2ccc(C#N)cc2[C@@H](N2CCN(CCCCCCO)CC2=O)[C@@H]1O. The molecule has 1 aromatic rings. The summed E-state index contributed by atoms with van der Waals surface area (Å²) < 4.78 is 5.97. The quantitative estimate of drug-likeness (QED) is 0.677. The van der Waals surface area contributed by atoms with Gasteiger partial charge in [-0.25, -0.2) is 0 Å². The van der Waals surface area contributed by atoms with Crippen molar-refractivity contribution in [3.05, 3.63) is 29.3 Å². The third-order valence-electron chi connectivity index (χ3n) is 5.90. The number of rotatable bonds is 7. The molecule has 0 aliphatic carbocycles. The second kappa shape index (κ2) is 9.12. The number of aliphatic hydroxyl groups excluding tert-OH is 2. The molecule has 158 valence electrons. The Labute approximate surface area is 172 Å². The van der Waals surface area contributed by atoms with Gasteiger partial charge >= 0.3 is 0 Å². The van der Waals surface area contributed by atoms with Crippen LogP contribution in [0.2, 0.25) is 0 Å². The molecule has 2 N–H and O–H groups in total. The molecule has 7 heteroatoms. The van der Waals surface area contributed by atoms with E-state index in [4.69, 9.17) is 9.84 Å². The van der Waals surface area contributed by atoms with E-state index in [1.807, 2.05) is 13.8 Å². The summed E-state index contributed by atoms with van der Waals surface area (Å²) in [6.07, 6.45) is 3.00. The van der Waals surface area contributed by atoms with Crippen LogP contribution in [0.5, 0.6) is 5.75 Å². The molecule has 0 radical (unpaired) electrons. The lowest BCUT2D eigenvalue weighted by Gasteiger charge is -2.48. The van der Waals surface area contributed by atoms with Crippen molar-refractivity contribution in [2.24, 2.45) is 0 Å². The van der Waals surface area contributed by atoms with Gasteiger partial charge in [0.1, 0.15) is 17.5 Å². The maximum Gasteiger partial charge on any atom is 0.237 e. The molecule has 2 heterocycles. The van der Waals surface area contributed by atoms with Crippen molar-refractivity contribution in [2.45, 2.75) is 57.3 Å². The van der Waals surface area contributed by atoms with Gasteiger partial charge in [-0.1, -0.05) is 12.8 Å². The molecule has 1 saturated heterocycles. The number of hydrogen-bond acceptors (Lipinski definition) is 6. The molecule has 1 amide bonds. The first kappa shape index (κ1) is 21.6. The van der Waals surface area contributed by atoms with Crippen LogP contribution < -0.4 is 4.74 Å². The largest absolute Gasteiger partial charge is 0.485 e. The lowest BCUT2D eigenvalue weighted by Crippen LogP contribution is -2.59. The first-order valence-electron chi connectivity index (χ1n) is 10.4. The fourth-order valence-corrected chi connectivity index (χ4v) is 4.20. The van der Waals surface area contributed by atoms with Crippen LogP contribution in [0.4, 0.5) is 0 Å². The summed E-state index contributed by atoms with van der Waals surface area (Å²) in [6, 6.07) is 6.77. The van der Waals surface area contributed by atoms with Crippen molar-refractivity contribution in [2.75, 3.05) is 32.8 Å². The van der Waals surface area contributed by atoms with Gasteiger partial charge in [0.15, 0.2) is 0 Å². The van der Waals surface area contributed by atoms with Crippen LogP contribution in [0.25, 0.3) is 0 Å². The predicted octanol–water partition coefficient (Wildman–Crippen LogP) is 1.83. The topological polar surface area (TPSA) is 97.0 Å². The standard InChI is InChI=1S/C22H31N3O4/c1-22(2)21(28)20(17-13-16(14-23)7-8-18(17)29-22)25-11-10-24(15-19(25)27)9-5-3-4-6-12-26/h7-8,13,20-21,26,28H,3-6,9-12,15H2,1-2H3/t20-,21+/m1/s1. The number of hydrogen-bond donors (Lipinski definition) is 2. The van der Waals surface area contributed by atoms with E-state index < -0.39 is 17.7 Å². The molecule has 0 bridgehead atoms. The van der Waals surface area contributed by atoms with Crippen molar-refractivity contribution in [1.82, 2.24) is 9.80 Å². The Kier molecular flexibility index (Phi) is 6.78. The van der Waals surface area contributed by atoms with Gasteiger partial charge < -0.3 is 19.8 Å². The molecular weight excluding hydrogens is 370 g/mol. The smallest absolute Gasteiger partial charge is 0.237 e. The van der Waals surface area contributed by atoms with Crippen LogP contribution in [0.1, 0.15) is 56.7 Å². The summed E-state index contributed by atoms with van der Waals surface area (Å²) in [5.41, 5.74) is 0.343. The summed E-state index contributed by atoms with van der Waals surface area (Å²) in [5, 5.41) is 29.2. The maximum absolute atomic E-state index is 13.0. The number of carbonyl (C=O) groups excluding carboxylic acids is 1. The molecule has 3 rings (SSSR count). The lowest BCUT2D eigenvalue weighted by atomic mass is 9.84. The molecule has 1 fully saturated rings. The Morgan fingerprint density at radius 1 is 1.24 bits per heavy atom. The van der Waals surface area contributed by atoms with Gasteiger partial charge in [0.2, 0.25) is 5.91 Å². The number of ether oxygens (including phenoxy) is 1. The average Bonchev–Trinajstić information content (AvgIpc) is 2.69. The number of nitriles is 1. The molecular formula is C22H31N3O4. The molecule has 2 aliphatic heterocycles. The molecule has 29 heavy (non-hydrogen) atoms. The summed E-state index contributed by atoms with van der Waals surface area (Å²) in [5.74, 6) is 0.602. The van der Waals surface area contributed by atoms with Crippen LogP contribution in [0.15, 0.2) is 18.2 Å². The number of benzene rings is 1. The van der Waals surface area contributed by atoms with Gasteiger partial charge in [-0.2, -0.15) is 5.26 Å². The third-order valence-corrected chi connectivity index (χ3v) is 5.90. The first-order valence-corrected chi connectivity index (χ1v) is 10.4. The predicted molar refractivity (Wildman–Crippen MR) is 108 cm³/mol. The summed E-state index contributed by atoms with van der Waals surface area (Å²) >= 11 is 0. The van der Waals surface area contributed by atoms with Crippen LogP contribution >= 0.6 is 0 Å². The number of piperazine rings is 1. The molecule has 0 unspecified atom stereocenters. The number of carbonyl (C=O) groups is 1. The van der Waals surface area contributed by atoms with E-state index in [2.05, 4.69) is 11.0 Å². The van der Waals surface area contributed by atoms with E-state index >= 15 is 0 Å². The molecule has 1 aromatic carbocycles. The first-order chi connectivity index (χ1) is 13.9. The Balaban J connectivity index is 1.73. The zero-order chi connectivity index (χ0) is 21.0. The van der Waals surface area contributed by atoms with E-state index in [9.17, 15) is 15.2 Å². The van der Waals surface area contributed by atoms with Crippen LogP contribution in [0.3, 0.4) is 0 Å². The van der Waals surface area contributed by atoms with Gasteiger partial charge in [0.25, 0.3) is 0 Å². The van der Waals surface area contributed by atoms with E-state index in [0.29, 0.717) is 30.0 Å². The highest BCUT2D eigenvalue weighted by Crippen LogP contribution is 2.43. The highest BCUT2D eigenvalue weighted by molar-refractivity contribution is 5.80. The van der Waals surface area contributed by atoms with Crippen molar-refractivity contribution in [3.8, 4) is 11.8 Å². The van der Waals surface area contributed by atoms with Gasteiger partial charge in [-0.15, -0.1) is 0 Å². The van der Waals surface area contributed by atoms with Crippen molar-refractivity contribution < 1.29 is 19.7 Å². The second-order valence-electron chi connectivity index (χ2n) is 8.46. The number of nitrogens with zero attached hydrogens (tertiary/aromatic N) is 3. The minimum atomic E-state index is -0.891. The van der Waals surface area contributed by atoms with Crippen molar-refractivity contribution in [1.29, 1.82) is 5.26 Å². The number of aliphatic hydroxyl groups is 2. The van der Waals surface area contributed by atoms with Gasteiger partial charge in [0.05, 0.1) is 24.2 Å². The Morgan fingerprint density at radius 2 is 2.00 bits per heavy atom. The van der Waals surface area contributed by atoms with Crippen molar-refractivity contribution in [3.63, 3.8) is 0 Å². The third kappa shape index (κ3) is 4.72. The molecule has 0 spiro atoms. The number of amides is 1. The lowest BCUT2D eigenvalue weighted by molar-refractivity contribution is -0.150. The van der Waals surface area contributed by atoms with E-state index in [-0.39, 0.29) is 12.5 Å². The van der Waals surface area contributed by atoms with Gasteiger partial charge in [0, 0.05) is 25.3 Å². The Bertz CT molecular complexity index is 774. The molecule has 7 nitrogen and oxygen atoms in total. The normalized spacial score (nSPS) is 24.0. The highest BCUT2D eigenvalue weighted by Gasteiger charge is 2.47. The Hall–Kier alpha value is -2.14. The summed E-state index contributed by atoms with van der Waals surface area (Å²) in [7, 11) is 0. The van der Waals surface area contributed by atoms with Crippen LogP contribution in [-0.4, -0.2) is 70.4 Å². The fraction of sp³-hybridized carbons (Fsp3) is 0.636. The minimum Gasteiger partial charge on any atom is -0.485 e. The maximum atomic E-state index is 13.0. The second-order valence-corrected chi connectivity index (χ2v) is 8.46. The zero-order valence-corrected chi connectivity index (χ0v) is 17.3. The molecule has 0 saturated carbocycles. The van der Waals surface area contributed by atoms with Crippen LogP contribution in [0, 0.1) is 11.3 Å². The minimum absolute atomic E-state index is 0.0123. The van der Waals surface area contributed by atoms with Crippen molar-refractivity contribution >= 4 is 5.91 Å². The number of fused-ring (bicyclic) bond motifs is 1. The monoisotopic (exact) mass is 401 g/mol. The van der Waals surface area contributed by atoms with Crippen LogP contribution in [-0.2, 0) is 4.79 Å². The van der Waals surface area contributed by atoms with E-state index in [1.165, 1.54) is 0 Å². The fourth-order valence-electron chi connectivity index (χ4n) is 4.20. The number of unbranched alkanes of at least 4 members (excludes halogenated alkanes) is 3. The molecule has 2 aliphatic rings. The average molecular weight is 402 g/mol. The summed E-state index contributed by atoms with van der Waals surface area (Å²) in [4.78, 5) is 16.9. The van der Waals surface area contributed by atoms with E-state index in [0.717, 1.165) is 38.8 Å². The molecule has 0 aromatic heterocycles. The molecule has 2 atom stereocenters. The summed E-state index contributed by atoms with van der Waals surface area (Å²) in [6.45, 7) is 6.35. The zero-order valence-electron chi connectivity index (χ0n) is 17.3. The van der Waals surface area contributed by atoms with Gasteiger partial charge in [-0.05, 0) is 51.4 Å². The van der Waals surface area contributed by atoms with Gasteiger partial charge in [-0.3, -0.25) is 9.69 Å².